The Balaban J connectivity index is 1.50. The van der Waals surface area contributed by atoms with Crippen LogP contribution in [0.25, 0.3) is 0 Å². The Morgan fingerprint density at radius 1 is 0.852 bits per heavy atom. The number of rotatable bonds is 4. The van der Waals surface area contributed by atoms with E-state index in [1.54, 1.807) is 4.90 Å². The van der Waals surface area contributed by atoms with Crippen LogP contribution in [0.2, 0.25) is 0 Å². The molecule has 142 valence electrons. The van der Waals surface area contributed by atoms with E-state index in [0.29, 0.717) is 37.5 Å². The minimum Gasteiger partial charge on any atom is -0.484 e. The second-order valence-corrected chi connectivity index (χ2v) is 7.07. The molecule has 5 nitrogen and oxygen atoms in total. The first-order chi connectivity index (χ1) is 12.9. The number of piperazine rings is 1. The number of nitrogens with zero attached hydrogens (tertiary/aromatic N) is 2. The molecule has 0 saturated carbocycles. The largest absolute Gasteiger partial charge is 0.484 e. The fourth-order valence-electron chi connectivity index (χ4n) is 3.09. The predicted molar refractivity (Wildman–Crippen MR) is 105 cm³/mol. The summed E-state index contributed by atoms with van der Waals surface area (Å²) in [6, 6.07) is 13.4. The van der Waals surface area contributed by atoms with Crippen LogP contribution in [0, 0.1) is 20.8 Å². The Morgan fingerprint density at radius 3 is 2.11 bits per heavy atom. The Bertz CT molecular complexity index is 822. The van der Waals surface area contributed by atoms with E-state index >= 15 is 0 Å². The first-order valence-electron chi connectivity index (χ1n) is 9.28. The van der Waals surface area contributed by atoms with Gasteiger partial charge in [-0.3, -0.25) is 9.59 Å². The predicted octanol–water partition coefficient (Wildman–Crippen LogP) is 2.98. The maximum Gasteiger partial charge on any atom is 0.260 e. The van der Waals surface area contributed by atoms with Crippen LogP contribution in [0.1, 0.15) is 27.0 Å². The molecular formula is C22H26N2O3. The van der Waals surface area contributed by atoms with Gasteiger partial charge in [-0.1, -0.05) is 23.8 Å². The zero-order chi connectivity index (χ0) is 19.4. The molecule has 0 radical (unpaired) electrons. The highest BCUT2D eigenvalue weighted by molar-refractivity contribution is 5.94. The first-order valence-corrected chi connectivity index (χ1v) is 9.28. The lowest BCUT2D eigenvalue weighted by molar-refractivity contribution is -0.134. The number of ether oxygens (including phenoxy) is 1. The summed E-state index contributed by atoms with van der Waals surface area (Å²) in [6.07, 6.45) is 0. The van der Waals surface area contributed by atoms with E-state index in [4.69, 9.17) is 4.74 Å². The van der Waals surface area contributed by atoms with Gasteiger partial charge in [0.15, 0.2) is 6.61 Å². The molecule has 0 atom stereocenters. The Morgan fingerprint density at radius 2 is 1.48 bits per heavy atom. The van der Waals surface area contributed by atoms with E-state index in [2.05, 4.69) is 0 Å². The van der Waals surface area contributed by atoms with E-state index in [9.17, 15) is 9.59 Å². The third-order valence-electron chi connectivity index (χ3n) is 5.06. The molecule has 0 spiro atoms. The molecule has 2 amide bonds. The van der Waals surface area contributed by atoms with Gasteiger partial charge in [-0.25, -0.2) is 0 Å². The highest BCUT2D eigenvalue weighted by Crippen LogP contribution is 2.15. The van der Waals surface area contributed by atoms with Crippen LogP contribution in [0.3, 0.4) is 0 Å². The summed E-state index contributed by atoms with van der Waals surface area (Å²) in [4.78, 5) is 28.6. The summed E-state index contributed by atoms with van der Waals surface area (Å²) in [5, 5.41) is 0. The molecule has 1 aliphatic heterocycles. The molecule has 0 aliphatic carbocycles. The molecule has 1 aliphatic rings. The maximum absolute atomic E-state index is 12.7. The number of carbonyl (C=O) groups is 2. The normalized spacial score (nSPS) is 14.2. The topological polar surface area (TPSA) is 49.9 Å². The third-order valence-corrected chi connectivity index (χ3v) is 5.06. The lowest BCUT2D eigenvalue weighted by Gasteiger charge is -2.34. The van der Waals surface area contributed by atoms with Gasteiger partial charge in [-0.05, 0) is 56.2 Å². The number of amides is 2. The van der Waals surface area contributed by atoms with Crippen LogP contribution < -0.4 is 4.74 Å². The van der Waals surface area contributed by atoms with Gasteiger partial charge in [-0.2, -0.15) is 0 Å². The van der Waals surface area contributed by atoms with Gasteiger partial charge in [0.1, 0.15) is 5.75 Å². The van der Waals surface area contributed by atoms with Gasteiger partial charge in [0, 0.05) is 31.7 Å². The molecule has 0 aromatic heterocycles. The van der Waals surface area contributed by atoms with E-state index < -0.39 is 0 Å². The molecule has 2 aromatic carbocycles. The van der Waals surface area contributed by atoms with Gasteiger partial charge in [0.2, 0.25) is 0 Å². The molecule has 0 unspecified atom stereocenters. The Hall–Kier alpha value is -2.82. The SMILES string of the molecule is Cc1ccc(OCC(=O)N2CCN(C(=O)c3ccc(C)c(C)c3)CC2)cc1. The van der Waals surface area contributed by atoms with Crippen molar-refractivity contribution in [3.05, 3.63) is 64.7 Å². The molecule has 1 saturated heterocycles. The fourth-order valence-corrected chi connectivity index (χ4v) is 3.09. The van der Waals surface area contributed by atoms with Crippen molar-refractivity contribution in [2.45, 2.75) is 20.8 Å². The maximum atomic E-state index is 12.7. The van der Waals surface area contributed by atoms with Crippen LogP contribution in [-0.4, -0.2) is 54.4 Å². The third kappa shape index (κ3) is 4.67. The van der Waals surface area contributed by atoms with Crippen molar-refractivity contribution < 1.29 is 14.3 Å². The van der Waals surface area contributed by atoms with Crippen molar-refractivity contribution in [1.29, 1.82) is 0 Å². The minimum atomic E-state index is -0.0474. The quantitative estimate of drug-likeness (QED) is 0.836. The molecule has 1 heterocycles. The smallest absolute Gasteiger partial charge is 0.260 e. The zero-order valence-corrected chi connectivity index (χ0v) is 16.2. The summed E-state index contributed by atoms with van der Waals surface area (Å²) >= 11 is 0. The minimum absolute atomic E-state index is 0.0220. The van der Waals surface area contributed by atoms with Crippen molar-refractivity contribution in [3.8, 4) is 5.75 Å². The molecule has 2 aromatic rings. The summed E-state index contributed by atoms with van der Waals surface area (Å²) in [5.41, 5.74) is 4.15. The summed E-state index contributed by atoms with van der Waals surface area (Å²) in [5.74, 6) is 0.674. The Kier molecular flexibility index (Phi) is 5.79. The fraction of sp³-hybridized carbons (Fsp3) is 0.364. The number of carbonyl (C=O) groups excluding carboxylic acids is 2. The molecule has 5 heteroatoms. The monoisotopic (exact) mass is 366 g/mol. The number of benzene rings is 2. The standard InChI is InChI=1S/C22H26N2O3/c1-16-4-8-20(9-5-16)27-15-21(25)23-10-12-24(13-11-23)22(26)19-7-6-17(2)18(3)14-19/h4-9,14H,10-13,15H2,1-3H3. The van der Waals surface area contributed by atoms with Crippen LogP contribution in [0.5, 0.6) is 5.75 Å². The number of hydrogen-bond donors (Lipinski definition) is 0. The van der Waals surface area contributed by atoms with Crippen molar-refractivity contribution >= 4 is 11.8 Å². The van der Waals surface area contributed by atoms with Crippen molar-refractivity contribution in [1.82, 2.24) is 9.80 Å². The summed E-state index contributed by atoms with van der Waals surface area (Å²) in [6.45, 7) is 8.23. The van der Waals surface area contributed by atoms with Crippen LogP contribution in [0.15, 0.2) is 42.5 Å². The van der Waals surface area contributed by atoms with Gasteiger partial charge in [0.25, 0.3) is 11.8 Å². The molecule has 27 heavy (non-hydrogen) atoms. The molecule has 0 bridgehead atoms. The van der Waals surface area contributed by atoms with E-state index in [-0.39, 0.29) is 18.4 Å². The Labute approximate surface area is 160 Å². The van der Waals surface area contributed by atoms with Gasteiger partial charge >= 0.3 is 0 Å². The highest BCUT2D eigenvalue weighted by atomic mass is 16.5. The van der Waals surface area contributed by atoms with E-state index in [1.807, 2.05) is 68.1 Å². The van der Waals surface area contributed by atoms with Crippen molar-refractivity contribution in [2.75, 3.05) is 32.8 Å². The molecule has 0 N–H and O–H groups in total. The molecule has 3 rings (SSSR count). The van der Waals surface area contributed by atoms with Crippen molar-refractivity contribution in [2.24, 2.45) is 0 Å². The average Bonchev–Trinajstić information content (AvgIpc) is 2.69. The summed E-state index contributed by atoms with van der Waals surface area (Å²) < 4.78 is 5.57. The van der Waals surface area contributed by atoms with Crippen LogP contribution in [-0.2, 0) is 4.79 Å². The summed E-state index contributed by atoms with van der Waals surface area (Å²) in [7, 11) is 0. The van der Waals surface area contributed by atoms with Gasteiger partial charge in [-0.15, -0.1) is 0 Å². The van der Waals surface area contributed by atoms with Crippen molar-refractivity contribution in [3.63, 3.8) is 0 Å². The second kappa shape index (κ2) is 8.25. The van der Waals surface area contributed by atoms with E-state index in [1.165, 1.54) is 5.56 Å². The number of aryl methyl sites for hydroxylation is 3. The van der Waals surface area contributed by atoms with Crippen LogP contribution in [0.4, 0.5) is 0 Å². The lowest BCUT2D eigenvalue weighted by atomic mass is 10.1. The first kappa shape index (κ1) is 19.0. The zero-order valence-electron chi connectivity index (χ0n) is 16.2. The molecule has 1 fully saturated rings. The van der Waals surface area contributed by atoms with Gasteiger partial charge < -0.3 is 14.5 Å². The average molecular weight is 366 g/mol. The second-order valence-electron chi connectivity index (χ2n) is 7.07. The number of hydrogen-bond acceptors (Lipinski definition) is 3. The lowest BCUT2D eigenvalue weighted by Crippen LogP contribution is -2.51. The highest BCUT2D eigenvalue weighted by Gasteiger charge is 2.25. The molecular weight excluding hydrogens is 340 g/mol. The van der Waals surface area contributed by atoms with Crippen LogP contribution >= 0.6 is 0 Å². The van der Waals surface area contributed by atoms with E-state index in [0.717, 1.165) is 11.1 Å². The van der Waals surface area contributed by atoms with Gasteiger partial charge in [0.05, 0.1) is 0 Å².